The van der Waals surface area contributed by atoms with Crippen LogP contribution in [-0.4, -0.2) is 18.2 Å². The number of benzene rings is 1. The van der Waals surface area contributed by atoms with Crippen LogP contribution in [0.3, 0.4) is 0 Å². The van der Waals surface area contributed by atoms with E-state index in [4.69, 9.17) is 0 Å². The van der Waals surface area contributed by atoms with E-state index in [1.54, 1.807) is 0 Å². The molecule has 2 atom stereocenters. The standard InChI is InChI=1S/C18H23NO2/c1-17(2)14-8-10-18(17,15(20)12-14)16(21)19-11-9-13-6-4-3-5-7-13/h3-7,14H,8-12H2,1-2H3,(H,19,21). The summed E-state index contributed by atoms with van der Waals surface area (Å²) in [6.45, 7) is 4.78. The Kier molecular flexibility index (Phi) is 3.39. The summed E-state index contributed by atoms with van der Waals surface area (Å²) in [6, 6.07) is 10.1. The molecule has 2 aliphatic rings. The fourth-order valence-electron chi connectivity index (χ4n) is 4.32. The van der Waals surface area contributed by atoms with Gasteiger partial charge in [-0.25, -0.2) is 0 Å². The van der Waals surface area contributed by atoms with Gasteiger partial charge in [0.1, 0.15) is 11.2 Å². The van der Waals surface area contributed by atoms with Crippen molar-refractivity contribution in [3.05, 3.63) is 35.9 Å². The number of hydrogen-bond acceptors (Lipinski definition) is 2. The van der Waals surface area contributed by atoms with Crippen molar-refractivity contribution in [3.63, 3.8) is 0 Å². The maximum atomic E-state index is 12.7. The number of ketones is 1. The van der Waals surface area contributed by atoms with Crippen molar-refractivity contribution in [2.45, 2.75) is 39.5 Å². The largest absolute Gasteiger partial charge is 0.355 e. The highest BCUT2D eigenvalue weighted by molar-refractivity contribution is 6.09. The van der Waals surface area contributed by atoms with Crippen LogP contribution in [0, 0.1) is 16.7 Å². The van der Waals surface area contributed by atoms with E-state index in [-0.39, 0.29) is 17.1 Å². The predicted molar refractivity (Wildman–Crippen MR) is 81.7 cm³/mol. The lowest BCUT2D eigenvalue weighted by Gasteiger charge is -2.34. The molecule has 0 saturated heterocycles. The summed E-state index contributed by atoms with van der Waals surface area (Å²) >= 11 is 0. The second kappa shape index (κ2) is 4.97. The van der Waals surface area contributed by atoms with Gasteiger partial charge in [-0.1, -0.05) is 44.2 Å². The van der Waals surface area contributed by atoms with Crippen LogP contribution < -0.4 is 5.32 Å². The number of amides is 1. The van der Waals surface area contributed by atoms with E-state index in [2.05, 4.69) is 31.3 Å². The lowest BCUT2D eigenvalue weighted by atomic mass is 9.68. The van der Waals surface area contributed by atoms with Gasteiger partial charge in [-0.15, -0.1) is 0 Å². The minimum absolute atomic E-state index is 0.0477. The smallest absolute Gasteiger partial charge is 0.234 e. The Balaban J connectivity index is 1.67. The van der Waals surface area contributed by atoms with E-state index in [9.17, 15) is 9.59 Å². The molecule has 3 rings (SSSR count). The zero-order chi connectivity index (χ0) is 15.1. The first kappa shape index (κ1) is 14.3. The molecule has 1 aromatic rings. The lowest BCUT2D eigenvalue weighted by Crippen LogP contribution is -2.50. The number of nitrogens with one attached hydrogen (secondary N) is 1. The fourth-order valence-corrected chi connectivity index (χ4v) is 4.32. The van der Waals surface area contributed by atoms with Gasteiger partial charge in [-0.2, -0.15) is 0 Å². The average Bonchev–Trinajstić information content (AvgIpc) is 2.83. The minimum atomic E-state index is -0.769. The topological polar surface area (TPSA) is 46.2 Å². The first-order chi connectivity index (χ1) is 9.98. The molecule has 2 aliphatic carbocycles. The highest BCUT2D eigenvalue weighted by Crippen LogP contribution is 2.63. The molecule has 1 amide bonds. The number of rotatable bonds is 4. The van der Waals surface area contributed by atoms with Crippen molar-refractivity contribution in [2.24, 2.45) is 16.7 Å². The second-order valence-corrected chi connectivity index (χ2v) is 6.98. The van der Waals surface area contributed by atoms with Crippen LogP contribution in [0.5, 0.6) is 0 Å². The molecule has 1 N–H and O–H groups in total. The number of carbonyl (C=O) groups excluding carboxylic acids is 2. The summed E-state index contributed by atoms with van der Waals surface area (Å²) in [6.07, 6.45) is 3.12. The summed E-state index contributed by atoms with van der Waals surface area (Å²) in [5, 5.41) is 3.02. The Morgan fingerprint density at radius 2 is 2.00 bits per heavy atom. The van der Waals surface area contributed by atoms with Gasteiger partial charge < -0.3 is 5.32 Å². The monoisotopic (exact) mass is 285 g/mol. The normalized spacial score (nSPS) is 29.6. The minimum Gasteiger partial charge on any atom is -0.355 e. The molecule has 0 radical (unpaired) electrons. The van der Waals surface area contributed by atoms with Crippen LogP contribution in [0.25, 0.3) is 0 Å². The predicted octanol–water partition coefficient (Wildman–Crippen LogP) is 2.74. The summed E-state index contributed by atoms with van der Waals surface area (Å²) in [5.74, 6) is 0.485. The highest BCUT2D eigenvalue weighted by atomic mass is 16.2. The van der Waals surface area contributed by atoms with Crippen LogP contribution in [0.2, 0.25) is 0 Å². The number of Topliss-reactive ketones (excluding diaryl/α,β-unsaturated/α-hetero) is 1. The van der Waals surface area contributed by atoms with E-state index < -0.39 is 5.41 Å². The van der Waals surface area contributed by atoms with Gasteiger partial charge in [0.25, 0.3) is 0 Å². The van der Waals surface area contributed by atoms with Crippen LogP contribution in [0.1, 0.15) is 38.7 Å². The first-order valence-electron chi connectivity index (χ1n) is 7.84. The number of fused-ring (bicyclic) bond motifs is 2. The van der Waals surface area contributed by atoms with E-state index in [0.717, 1.165) is 19.3 Å². The third kappa shape index (κ3) is 2.02. The SMILES string of the molecule is CC1(C)C2CCC1(C(=O)NCCc1ccccc1)C(=O)C2. The van der Waals surface area contributed by atoms with Gasteiger partial charge in [0.05, 0.1) is 0 Å². The van der Waals surface area contributed by atoms with Crippen molar-refractivity contribution in [3.8, 4) is 0 Å². The molecule has 21 heavy (non-hydrogen) atoms. The molecule has 0 spiro atoms. The van der Waals surface area contributed by atoms with Crippen molar-refractivity contribution in [1.82, 2.24) is 5.32 Å². The third-order valence-electron chi connectivity index (χ3n) is 5.83. The van der Waals surface area contributed by atoms with Gasteiger partial charge >= 0.3 is 0 Å². The summed E-state index contributed by atoms with van der Waals surface area (Å²) in [4.78, 5) is 25.1. The molecule has 2 fully saturated rings. The fraction of sp³-hybridized carbons (Fsp3) is 0.556. The van der Waals surface area contributed by atoms with Crippen LogP contribution in [-0.2, 0) is 16.0 Å². The molecule has 3 nitrogen and oxygen atoms in total. The molecular weight excluding hydrogens is 262 g/mol. The molecule has 3 heteroatoms. The quantitative estimate of drug-likeness (QED) is 0.865. The molecule has 0 aromatic heterocycles. The van der Waals surface area contributed by atoms with Gasteiger partial charge in [-0.3, -0.25) is 9.59 Å². The second-order valence-electron chi connectivity index (χ2n) is 6.98. The van der Waals surface area contributed by atoms with Crippen molar-refractivity contribution in [2.75, 3.05) is 6.54 Å². The molecule has 2 saturated carbocycles. The molecule has 0 heterocycles. The van der Waals surface area contributed by atoms with E-state index in [0.29, 0.717) is 18.9 Å². The van der Waals surface area contributed by atoms with E-state index >= 15 is 0 Å². The molecule has 1 aromatic carbocycles. The Hall–Kier alpha value is -1.64. The van der Waals surface area contributed by atoms with Gasteiger partial charge in [0, 0.05) is 13.0 Å². The summed E-state index contributed by atoms with van der Waals surface area (Å²) in [7, 11) is 0. The zero-order valence-electron chi connectivity index (χ0n) is 12.8. The Morgan fingerprint density at radius 1 is 1.29 bits per heavy atom. The molecular formula is C18H23NO2. The first-order valence-corrected chi connectivity index (χ1v) is 7.84. The Bertz CT molecular complexity index is 564. The summed E-state index contributed by atoms with van der Waals surface area (Å²) in [5.41, 5.74) is 0.242. The van der Waals surface area contributed by atoms with Crippen molar-refractivity contribution < 1.29 is 9.59 Å². The molecule has 0 aliphatic heterocycles. The van der Waals surface area contributed by atoms with Gasteiger partial charge in [-0.05, 0) is 36.2 Å². The molecule has 2 unspecified atom stereocenters. The Morgan fingerprint density at radius 3 is 2.57 bits per heavy atom. The molecule has 112 valence electrons. The molecule has 2 bridgehead atoms. The van der Waals surface area contributed by atoms with Gasteiger partial charge in [0.2, 0.25) is 5.91 Å². The number of hydrogen-bond donors (Lipinski definition) is 1. The van der Waals surface area contributed by atoms with Crippen LogP contribution in [0.15, 0.2) is 30.3 Å². The van der Waals surface area contributed by atoms with Crippen molar-refractivity contribution in [1.29, 1.82) is 0 Å². The van der Waals surface area contributed by atoms with Crippen LogP contribution in [0.4, 0.5) is 0 Å². The van der Waals surface area contributed by atoms with E-state index in [1.807, 2.05) is 18.2 Å². The summed E-state index contributed by atoms with van der Waals surface area (Å²) < 4.78 is 0. The van der Waals surface area contributed by atoms with Gasteiger partial charge in [0.15, 0.2) is 0 Å². The highest BCUT2D eigenvalue weighted by Gasteiger charge is 2.67. The Labute approximate surface area is 126 Å². The maximum absolute atomic E-state index is 12.7. The lowest BCUT2D eigenvalue weighted by molar-refractivity contribution is -0.144. The van der Waals surface area contributed by atoms with Crippen molar-refractivity contribution >= 4 is 11.7 Å². The average molecular weight is 285 g/mol. The zero-order valence-corrected chi connectivity index (χ0v) is 12.8. The maximum Gasteiger partial charge on any atom is 0.234 e. The third-order valence-corrected chi connectivity index (χ3v) is 5.83. The van der Waals surface area contributed by atoms with E-state index in [1.165, 1.54) is 5.56 Å². The van der Waals surface area contributed by atoms with Crippen LogP contribution >= 0.6 is 0 Å². The number of carbonyl (C=O) groups is 2.